The van der Waals surface area contributed by atoms with Crippen LogP contribution in [0.2, 0.25) is 0 Å². The average Bonchev–Trinajstić information content (AvgIpc) is 3.01. The van der Waals surface area contributed by atoms with E-state index in [2.05, 4.69) is 10.2 Å². The van der Waals surface area contributed by atoms with Gasteiger partial charge in [0, 0.05) is 12.1 Å². The first-order valence-corrected chi connectivity index (χ1v) is 9.14. The molecule has 2 aliphatic rings. The summed E-state index contributed by atoms with van der Waals surface area (Å²) in [5, 5.41) is 13.0. The topological polar surface area (TPSA) is 35.5 Å². The van der Waals surface area contributed by atoms with Crippen LogP contribution in [0.5, 0.6) is 0 Å². The number of hydrogen-bond donors (Lipinski definition) is 2. The van der Waals surface area contributed by atoms with Crippen molar-refractivity contribution in [3.8, 4) is 0 Å². The molecule has 1 aromatic carbocycles. The van der Waals surface area contributed by atoms with Crippen molar-refractivity contribution in [2.75, 3.05) is 26.2 Å². The lowest BCUT2D eigenvalue weighted by molar-refractivity contribution is 0.157. The van der Waals surface area contributed by atoms with Gasteiger partial charge in [-0.2, -0.15) is 0 Å². The summed E-state index contributed by atoms with van der Waals surface area (Å²) >= 11 is 0. The number of aryl methyl sites for hydroxylation is 1. The van der Waals surface area contributed by atoms with Gasteiger partial charge in [-0.3, -0.25) is 4.90 Å². The Morgan fingerprint density at radius 2 is 2.13 bits per heavy atom. The number of nitrogens with one attached hydrogen (secondary N) is 1. The van der Waals surface area contributed by atoms with E-state index in [4.69, 9.17) is 0 Å². The molecule has 0 radical (unpaired) electrons. The summed E-state index contributed by atoms with van der Waals surface area (Å²) in [7, 11) is 0. The molecule has 4 heteroatoms. The molecule has 3 rings (SSSR count). The molecule has 1 aromatic rings. The summed E-state index contributed by atoms with van der Waals surface area (Å²) in [5.41, 5.74) is 2.47. The zero-order valence-electron chi connectivity index (χ0n) is 13.9. The molecule has 1 aliphatic carbocycles. The predicted molar refractivity (Wildman–Crippen MR) is 91.0 cm³/mol. The van der Waals surface area contributed by atoms with Gasteiger partial charge in [0.05, 0.1) is 6.61 Å². The summed E-state index contributed by atoms with van der Waals surface area (Å²) in [6, 6.07) is 6.02. The smallest absolute Gasteiger partial charge is 0.123 e. The summed E-state index contributed by atoms with van der Waals surface area (Å²) in [6.45, 7) is 3.55. The molecule has 0 saturated carbocycles. The SMILES string of the molecule is OCC1CCCN1CCCCNC1CCCc2cc(F)ccc21. The number of unbranched alkanes of at least 4 members (excludes halogenated alkanes) is 1. The Bertz CT molecular complexity index is 508. The van der Waals surface area contributed by atoms with E-state index in [1.807, 2.05) is 6.07 Å². The number of rotatable bonds is 7. The quantitative estimate of drug-likeness (QED) is 0.758. The molecule has 0 spiro atoms. The van der Waals surface area contributed by atoms with E-state index < -0.39 is 0 Å². The average molecular weight is 320 g/mol. The van der Waals surface area contributed by atoms with Crippen LogP contribution in [0.3, 0.4) is 0 Å². The third kappa shape index (κ3) is 4.31. The Morgan fingerprint density at radius 3 is 3.00 bits per heavy atom. The minimum absolute atomic E-state index is 0.117. The van der Waals surface area contributed by atoms with Gasteiger partial charge in [0.2, 0.25) is 0 Å². The zero-order valence-corrected chi connectivity index (χ0v) is 13.9. The van der Waals surface area contributed by atoms with Crippen molar-refractivity contribution in [2.24, 2.45) is 0 Å². The largest absolute Gasteiger partial charge is 0.395 e. The first kappa shape index (κ1) is 16.9. The van der Waals surface area contributed by atoms with Crippen molar-refractivity contribution in [1.82, 2.24) is 10.2 Å². The van der Waals surface area contributed by atoms with Gasteiger partial charge in [-0.25, -0.2) is 4.39 Å². The van der Waals surface area contributed by atoms with Gasteiger partial charge in [0.15, 0.2) is 0 Å². The van der Waals surface area contributed by atoms with Gasteiger partial charge >= 0.3 is 0 Å². The number of fused-ring (bicyclic) bond motifs is 1. The van der Waals surface area contributed by atoms with Gasteiger partial charge in [0.25, 0.3) is 0 Å². The van der Waals surface area contributed by atoms with Crippen molar-refractivity contribution < 1.29 is 9.50 Å². The highest BCUT2D eigenvalue weighted by molar-refractivity contribution is 5.32. The number of halogens is 1. The highest BCUT2D eigenvalue weighted by Gasteiger charge is 2.23. The van der Waals surface area contributed by atoms with E-state index in [0.717, 1.165) is 51.7 Å². The first-order valence-electron chi connectivity index (χ1n) is 9.14. The molecule has 0 amide bonds. The maximum Gasteiger partial charge on any atom is 0.123 e. The van der Waals surface area contributed by atoms with Crippen LogP contribution in [0, 0.1) is 5.82 Å². The summed E-state index contributed by atoms with van der Waals surface area (Å²) < 4.78 is 13.3. The number of benzene rings is 1. The molecule has 1 heterocycles. The second-order valence-corrected chi connectivity index (χ2v) is 6.96. The molecular weight excluding hydrogens is 291 g/mol. The molecule has 128 valence electrons. The van der Waals surface area contributed by atoms with Gasteiger partial charge in [-0.1, -0.05) is 6.07 Å². The molecule has 23 heavy (non-hydrogen) atoms. The van der Waals surface area contributed by atoms with Crippen LogP contribution in [0.25, 0.3) is 0 Å². The highest BCUT2D eigenvalue weighted by Crippen LogP contribution is 2.30. The van der Waals surface area contributed by atoms with Crippen LogP contribution in [0.1, 0.15) is 55.7 Å². The normalized spacial score (nSPS) is 24.8. The minimum atomic E-state index is -0.117. The Labute approximate surface area is 138 Å². The Balaban J connectivity index is 1.40. The maximum absolute atomic E-state index is 13.3. The van der Waals surface area contributed by atoms with Crippen LogP contribution in [0.15, 0.2) is 18.2 Å². The van der Waals surface area contributed by atoms with Crippen LogP contribution < -0.4 is 5.32 Å². The van der Waals surface area contributed by atoms with Crippen molar-refractivity contribution >= 4 is 0 Å². The van der Waals surface area contributed by atoms with Crippen molar-refractivity contribution in [1.29, 1.82) is 0 Å². The van der Waals surface area contributed by atoms with Crippen LogP contribution in [-0.2, 0) is 6.42 Å². The number of likely N-dealkylation sites (tertiary alicyclic amines) is 1. The third-order valence-electron chi connectivity index (χ3n) is 5.39. The summed E-state index contributed by atoms with van der Waals surface area (Å²) in [4.78, 5) is 2.43. The number of aliphatic hydroxyl groups excluding tert-OH is 1. The highest BCUT2D eigenvalue weighted by atomic mass is 19.1. The fraction of sp³-hybridized carbons (Fsp3) is 0.684. The number of nitrogens with zero attached hydrogens (tertiary/aromatic N) is 1. The molecule has 0 bridgehead atoms. The number of hydrogen-bond acceptors (Lipinski definition) is 3. The van der Waals surface area contributed by atoms with Gasteiger partial charge < -0.3 is 10.4 Å². The van der Waals surface area contributed by atoms with Crippen LogP contribution >= 0.6 is 0 Å². The monoisotopic (exact) mass is 320 g/mol. The molecule has 3 nitrogen and oxygen atoms in total. The van der Waals surface area contributed by atoms with Gasteiger partial charge in [0.1, 0.15) is 5.82 Å². The molecule has 1 aliphatic heterocycles. The van der Waals surface area contributed by atoms with E-state index in [9.17, 15) is 9.50 Å². The zero-order chi connectivity index (χ0) is 16.1. The second-order valence-electron chi connectivity index (χ2n) is 6.96. The molecule has 2 unspecified atom stereocenters. The van der Waals surface area contributed by atoms with Crippen LogP contribution in [0.4, 0.5) is 4.39 Å². The van der Waals surface area contributed by atoms with E-state index in [1.54, 1.807) is 12.1 Å². The molecular formula is C19H29FN2O. The second kappa shape index (κ2) is 8.22. The lowest BCUT2D eigenvalue weighted by atomic mass is 9.87. The maximum atomic E-state index is 13.3. The number of aliphatic hydroxyl groups is 1. The van der Waals surface area contributed by atoms with Crippen molar-refractivity contribution in [3.63, 3.8) is 0 Å². The lowest BCUT2D eigenvalue weighted by Gasteiger charge is -2.27. The van der Waals surface area contributed by atoms with Gasteiger partial charge in [-0.05, 0) is 87.8 Å². The van der Waals surface area contributed by atoms with Crippen molar-refractivity contribution in [2.45, 2.75) is 57.0 Å². The molecule has 1 saturated heterocycles. The molecule has 2 N–H and O–H groups in total. The molecule has 1 fully saturated rings. The first-order chi connectivity index (χ1) is 11.3. The Hall–Kier alpha value is -0.970. The van der Waals surface area contributed by atoms with E-state index in [-0.39, 0.29) is 5.82 Å². The van der Waals surface area contributed by atoms with E-state index in [1.165, 1.54) is 24.0 Å². The summed E-state index contributed by atoms with van der Waals surface area (Å²) in [5.74, 6) is -0.117. The lowest BCUT2D eigenvalue weighted by Crippen LogP contribution is -2.33. The van der Waals surface area contributed by atoms with E-state index >= 15 is 0 Å². The van der Waals surface area contributed by atoms with E-state index in [0.29, 0.717) is 18.7 Å². The Kier molecular flexibility index (Phi) is 6.03. The summed E-state index contributed by atoms with van der Waals surface area (Å²) in [6.07, 6.45) is 7.98. The third-order valence-corrected chi connectivity index (χ3v) is 5.39. The standard InChI is InChI=1S/C19H29FN2O/c20-16-8-9-18-15(13-16)5-3-7-19(18)21-10-1-2-11-22-12-4-6-17(22)14-23/h8-9,13,17,19,21,23H,1-7,10-12,14H2. The predicted octanol–water partition coefficient (Wildman–Crippen LogP) is 3.03. The Morgan fingerprint density at radius 1 is 1.22 bits per heavy atom. The molecule has 0 aromatic heterocycles. The fourth-order valence-electron chi connectivity index (χ4n) is 4.11. The molecule has 2 atom stereocenters. The minimum Gasteiger partial charge on any atom is -0.395 e. The van der Waals surface area contributed by atoms with Gasteiger partial charge in [-0.15, -0.1) is 0 Å². The van der Waals surface area contributed by atoms with Crippen LogP contribution in [-0.4, -0.2) is 42.3 Å². The van der Waals surface area contributed by atoms with Crippen molar-refractivity contribution in [3.05, 3.63) is 35.1 Å². The fourth-order valence-corrected chi connectivity index (χ4v) is 4.11.